The third-order valence-electron chi connectivity index (χ3n) is 4.95. The van der Waals surface area contributed by atoms with Crippen molar-refractivity contribution in [1.29, 1.82) is 0 Å². The first-order valence-corrected chi connectivity index (χ1v) is 7.68. The lowest BCUT2D eigenvalue weighted by atomic mass is 9.80. The molecule has 0 spiro atoms. The number of carbonyl (C=O) groups excluding carboxylic acids is 1. The Morgan fingerprint density at radius 3 is 2.29 bits per heavy atom. The van der Waals surface area contributed by atoms with Crippen molar-refractivity contribution in [2.45, 2.75) is 32.1 Å². The zero-order chi connectivity index (χ0) is 15.0. The largest absolute Gasteiger partial charge is 0.481 e. The Kier molecular flexibility index (Phi) is 3.70. The van der Waals surface area contributed by atoms with Gasteiger partial charge in [-0.1, -0.05) is 25.5 Å². The zero-order valence-corrected chi connectivity index (χ0v) is 12.3. The molecule has 3 rings (SSSR count). The first-order valence-electron chi connectivity index (χ1n) is 7.68. The molecule has 0 unspecified atom stereocenters. The smallest absolute Gasteiger partial charge is 0.308 e. The Bertz CT molecular complexity index is 548. The summed E-state index contributed by atoms with van der Waals surface area (Å²) in [5.74, 6) is -0.620. The lowest BCUT2D eigenvalue weighted by Gasteiger charge is -2.26. The molecule has 2 atom stereocenters. The van der Waals surface area contributed by atoms with Crippen molar-refractivity contribution in [2.75, 3.05) is 13.1 Å². The van der Waals surface area contributed by atoms with Crippen molar-refractivity contribution in [1.82, 2.24) is 4.90 Å². The number of carboxylic acids is 1. The quantitative estimate of drug-likeness (QED) is 0.930. The van der Waals surface area contributed by atoms with Crippen LogP contribution in [0.1, 0.15) is 48.0 Å². The van der Waals surface area contributed by atoms with Crippen molar-refractivity contribution in [2.24, 2.45) is 11.8 Å². The van der Waals surface area contributed by atoms with Gasteiger partial charge in [-0.2, -0.15) is 0 Å². The van der Waals surface area contributed by atoms with Gasteiger partial charge in [-0.05, 0) is 42.4 Å². The van der Waals surface area contributed by atoms with Crippen molar-refractivity contribution >= 4 is 11.9 Å². The van der Waals surface area contributed by atoms with Crippen LogP contribution in [0, 0.1) is 11.8 Å². The van der Waals surface area contributed by atoms with Crippen molar-refractivity contribution < 1.29 is 14.7 Å². The van der Waals surface area contributed by atoms with E-state index in [1.807, 2.05) is 31.2 Å². The number of likely N-dealkylation sites (tertiary alicyclic amines) is 1. The van der Waals surface area contributed by atoms with Crippen LogP contribution in [0.25, 0.3) is 0 Å². The van der Waals surface area contributed by atoms with Gasteiger partial charge in [0.05, 0.1) is 5.92 Å². The molecule has 1 aromatic carbocycles. The number of carboxylic acid groups (broad SMARTS) is 1. The van der Waals surface area contributed by atoms with Gasteiger partial charge >= 0.3 is 5.97 Å². The molecule has 112 valence electrons. The number of benzene rings is 1. The van der Waals surface area contributed by atoms with Gasteiger partial charge in [0.25, 0.3) is 5.91 Å². The molecule has 1 N–H and O–H groups in total. The first-order chi connectivity index (χ1) is 10.1. The SMILES string of the molecule is C[C@@H]1CN(C(=O)c2ccc(C3CCC3)cc2)C[C@H]1C(=O)O. The van der Waals surface area contributed by atoms with Crippen molar-refractivity contribution in [3.63, 3.8) is 0 Å². The van der Waals surface area contributed by atoms with Crippen LogP contribution < -0.4 is 0 Å². The predicted octanol–water partition coefficient (Wildman–Crippen LogP) is 2.75. The molecule has 1 amide bonds. The maximum Gasteiger partial charge on any atom is 0.308 e. The summed E-state index contributed by atoms with van der Waals surface area (Å²) in [5.41, 5.74) is 1.98. The minimum Gasteiger partial charge on any atom is -0.481 e. The van der Waals surface area contributed by atoms with E-state index in [4.69, 9.17) is 5.11 Å². The summed E-state index contributed by atoms with van der Waals surface area (Å²) in [6, 6.07) is 7.86. The summed E-state index contributed by atoms with van der Waals surface area (Å²) >= 11 is 0. The maximum absolute atomic E-state index is 12.5. The number of amides is 1. The topological polar surface area (TPSA) is 57.6 Å². The molecule has 0 aromatic heterocycles. The first kappa shape index (κ1) is 14.1. The van der Waals surface area contributed by atoms with Gasteiger partial charge in [0, 0.05) is 18.7 Å². The Morgan fingerprint density at radius 2 is 1.81 bits per heavy atom. The highest BCUT2D eigenvalue weighted by Gasteiger charge is 2.37. The van der Waals surface area contributed by atoms with E-state index < -0.39 is 11.9 Å². The van der Waals surface area contributed by atoms with E-state index in [-0.39, 0.29) is 11.8 Å². The van der Waals surface area contributed by atoms with E-state index in [9.17, 15) is 9.59 Å². The molecular weight excluding hydrogens is 266 g/mol. The van der Waals surface area contributed by atoms with Gasteiger partial charge < -0.3 is 10.0 Å². The summed E-state index contributed by atoms with van der Waals surface area (Å²) in [7, 11) is 0. The van der Waals surface area contributed by atoms with Crippen LogP contribution >= 0.6 is 0 Å². The monoisotopic (exact) mass is 287 g/mol. The highest BCUT2D eigenvalue weighted by molar-refractivity contribution is 5.94. The highest BCUT2D eigenvalue weighted by atomic mass is 16.4. The Morgan fingerprint density at radius 1 is 1.14 bits per heavy atom. The van der Waals surface area contributed by atoms with Crippen LogP contribution in [0.2, 0.25) is 0 Å². The van der Waals surface area contributed by atoms with E-state index >= 15 is 0 Å². The molecule has 4 nitrogen and oxygen atoms in total. The standard InChI is InChI=1S/C17H21NO3/c1-11-9-18(10-15(11)17(20)21)16(19)14-7-5-13(6-8-14)12-3-2-4-12/h5-8,11-12,15H,2-4,9-10H2,1H3,(H,20,21)/t11-,15-/m1/s1. The minimum absolute atomic E-state index is 0.0145. The van der Waals surface area contributed by atoms with Crippen LogP contribution in [0.4, 0.5) is 0 Å². The average molecular weight is 287 g/mol. The summed E-state index contributed by atoms with van der Waals surface area (Å²) in [5, 5.41) is 9.15. The number of hydrogen-bond acceptors (Lipinski definition) is 2. The zero-order valence-electron chi connectivity index (χ0n) is 12.3. The van der Waals surface area contributed by atoms with Gasteiger partial charge in [0.1, 0.15) is 0 Å². The van der Waals surface area contributed by atoms with Crippen LogP contribution in [0.15, 0.2) is 24.3 Å². The molecule has 1 heterocycles. The molecule has 21 heavy (non-hydrogen) atoms. The molecule has 1 saturated carbocycles. The fourth-order valence-electron chi connectivity index (χ4n) is 3.28. The number of rotatable bonds is 3. The number of aliphatic carboxylic acids is 1. The van der Waals surface area contributed by atoms with E-state index in [0.29, 0.717) is 24.6 Å². The minimum atomic E-state index is -0.807. The second kappa shape index (κ2) is 5.51. The van der Waals surface area contributed by atoms with E-state index in [1.165, 1.54) is 24.8 Å². The number of carbonyl (C=O) groups is 2. The number of nitrogens with zero attached hydrogens (tertiary/aromatic N) is 1. The molecule has 2 aliphatic rings. The molecule has 4 heteroatoms. The molecule has 0 radical (unpaired) electrons. The molecule has 1 saturated heterocycles. The van der Waals surface area contributed by atoms with Crippen molar-refractivity contribution in [3.8, 4) is 0 Å². The predicted molar refractivity (Wildman–Crippen MR) is 79.2 cm³/mol. The van der Waals surface area contributed by atoms with Crippen LogP contribution in [-0.4, -0.2) is 35.0 Å². The van der Waals surface area contributed by atoms with Crippen LogP contribution in [0.3, 0.4) is 0 Å². The second-order valence-electron chi connectivity index (χ2n) is 6.38. The molecule has 0 bridgehead atoms. The Labute approximate surface area is 124 Å². The summed E-state index contributed by atoms with van der Waals surface area (Å²) in [6.07, 6.45) is 3.79. The normalized spacial score (nSPS) is 25.7. The summed E-state index contributed by atoms with van der Waals surface area (Å²) in [6.45, 7) is 2.74. The Hall–Kier alpha value is -1.84. The summed E-state index contributed by atoms with van der Waals surface area (Å²) < 4.78 is 0. The highest BCUT2D eigenvalue weighted by Crippen LogP contribution is 2.36. The number of hydrogen-bond donors (Lipinski definition) is 1. The van der Waals surface area contributed by atoms with Gasteiger partial charge in [-0.25, -0.2) is 0 Å². The second-order valence-corrected chi connectivity index (χ2v) is 6.38. The third-order valence-corrected chi connectivity index (χ3v) is 4.95. The molecule has 1 aliphatic carbocycles. The Balaban J connectivity index is 1.69. The molecule has 2 fully saturated rings. The van der Waals surface area contributed by atoms with Crippen molar-refractivity contribution in [3.05, 3.63) is 35.4 Å². The van der Waals surface area contributed by atoms with Gasteiger partial charge in [-0.15, -0.1) is 0 Å². The fraction of sp³-hybridized carbons (Fsp3) is 0.529. The lowest BCUT2D eigenvalue weighted by Crippen LogP contribution is -2.29. The summed E-state index contributed by atoms with van der Waals surface area (Å²) in [4.78, 5) is 25.3. The third kappa shape index (κ3) is 2.67. The van der Waals surface area contributed by atoms with E-state index in [0.717, 1.165) is 0 Å². The molecular formula is C17H21NO3. The van der Waals surface area contributed by atoms with Crippen LogP contribution in [0.5, 0.6) is 0 Å². The maximum atomic E-state index is 12.5. The molecule has 1 aromatic rings. The van der Waals surface area contributed by atoms with Gasteiger partial charge in [-0.3, -0.25) is 9.59 Å². The lowest BCUT2D eigenvalue weighted by molar-refractivity contribution is -0.142. The average Bonchev–Trinajstić information content (AvgIpc) is 2.79. The van der Waals surface area contributed by atoms with Gasteiger partial charge in [0.2, 0.25) is 0 Å². The fourth-order valence-corrected chi connectivity index (χ4v) is 3.28. The van der Waals surface area contributed by atoms with E-state index in [1.54, 1.807) is 4.90 Å². The molecule has 1 aliphatic heterocycles. The van der Waals surface area contributed by atoms with Gasteiger partial charge in [0.15, 0.2) is 0 Å². The van der Waals surface area contributed by atoms with E-state index in [2.05, 4.69) is 0 Å². The van der Waals surface area contributed by atoms with Crippen LogP contribution in [-0.2, 0) is 4.79 Å².